The van der Waals surface area contributed by atoms with E-state index in [9.17, 15) is 9.59 Å². The van der Waals surface area contributed by atoms with Gasteiger partial charge >= 0.3 is 0 Å². The zero-order valence-electron chi connectivity index (χ0n) is 17.7. The molecule has 170 valence electrons. The van der Waals surface area contributed by atoms with Crippen LogP contribution in [-0.4, -0.2) is 34.6 Å². The molecular formula is C24H18N4O5S. The van der Waals surface area contributed by atoms with Gasteiger partial charge in [0.2, 0.25) is 18.6 Å². The number of nitrogens with zero attached hydrogens (tertiary/aromatic N) is 2. The SMILES string of the molecule is O=C(CSc1nnc(-c2ccc3c(c2)OCO3)o1)Nc1ccccc1C(=O)Nc1ccccc1. The molecule has 0 saturated heterocycles. The number of ether oxygens (including phenoxy) is 2. The van der Waals surface area contributed by atoms with E-state index in [0.29, 0.717) is 39.9 Å². The predicted octanol–water partition coefficient (Wildman–Crippen LogP) is 4.45. The number of amides is 2. The number of carbonyl (C=O) groups is 2. The molecule has 1 aliphatic rings. The van der Waals surface area contributed by atoms with Gasteiger partial charge in [-0.05, 0) is 42.5 Å². The third-order valence-electron chi connectivity index (χ3n) is 4.83. The lowest BCUT2D eigenvalue weighted by Gasteiger charge is -2.11. The van der Waals surface area contributed by atoms with Crippen LogP contribution >= 0.6 is 11.8 Å². The smallest absolute Gasteiger partial charge is 0.277 e. The zero-order valence-corrected chi connectivity index (χ0v) is 18.5. The van der Waals surface area contributed by atoms with Gasteiger partial charge in [0.1, 0.15) is 0 Å². The first-order valence-electron chi connectivity index (χ1n) is 10.3. The number of para-hydroxylation sites is 2. The van der Waals surface area contributed by atoms with Gasteiger partial charge in [-0.15, -0.1) is 10.2 Å². The quantitative estimate of drug-likeness (QED) is 0.378. The van der Waals surface area contributed by atoms with E-state index in [1.165, 1.54) is 0 Å². The van der Waals surface area contributed by atoms with E-state index in [1.54, 1.807) is 54.6 Å². The Hall–Kier alpha value is -4.31. The summed E-state index contributed by atoms with van der Waals surface area (Å²) in [5.41, 5.74) is 2.12. The third-order valence-corrected chi connectivity index (χ3v) is 5.65. The number of hydrogen-bond donors (Lipinski definition) is 2. The molecule has 5 rings (SSSR count). The van der Waals surface area contributed by atoms with Crippen LogP contribution in [0.2, 0.25) is 0 Å². The third kappa shape index (κ3) is 4.86. The van der Waals surface area contributed by atoms with E-state index in [0.717, 1.165) is 11.8 Å². The van der Waals surface area contributed by atoms with Gasteiger partial charge in [-0.25, -0.2) is 0 Å². The maximum atomic E-state index is 12.7. The van der Waals surface area contributed by atoms with E-state index >= 15 is 0 Å². The summed E-state index contributed by atoms with van der Waals surface area (Å²) in [6.45, 7) is 0.176. The molecule has 2 heterocycles. The monoisotopic (exact) mass is 474 g/mol. The molecule has 1 aromatic heterocycles. The molecule has 0 atom stereocenters. The van der Waals surface area contributed by atoms with Crippen LogP contribution in [0.25, 0.3) is 11.5 Å². The molecule has 0 aliphatic carbocycles. The maximum Gasteiger partial charge on any atom is 0.277 e. The Morgan fingerprint density at radius 3 is 2.56 bits per heavy atom. The Balaban J connectivity index is 1.20. The number of benzene rings is 3. The molecule has 2 N–H and O–H groups in total. The highest BCUT2D eigenvalue weighted by atomic mass is 32.2. The van der Waals surface area contributed by atoms with Crippen molar-refractivity contribution in [1.29, 1.82) is 0 Å². The molecule has 4 aromatic rings. The molecule has 0 fully saturated rings. The number of fused-ring (bicyclic) bond motifs is 1. The number of anilines is 2. The molecule has 0 bridgehead atoms. The van der Waals surface area contributed by atoms with Crippen LogP contribution in [0.4, 0.5) is 11.4 Å². The second-order valence-electron chi connectivity index (χ2n) is 7.14. The highest BCUT2D eigenvalue weighted by Gasteiger charge is 2.18. The molecule has 9 nitrogen and oxygen atoms in total. The van der Waals surface area contributed by atoms with Crippen molar-refractivity contribution in [3.8, 4) is 23.0 Å². The molecule has 1 aliphatic heterocycles. The van der Waals surface area contributed by atoms with Crippen LogP contribution in [0.3, 0.4) is 0 Å². The molecule has 0 spiro atoms. The molecule has 3 aromatic carbocycles. The standard InChI is InChI=1S/C24H18N4O5S/c29-21(26-18-9-5-4-8-17(18)22(30)25-16-6-2-1-3-7-16)13-34-24-28-27-23(33-24)15-10-11-19-20(12-15)32-14-31-19/h1-12H,13-14H2,(H,25,30)(H,26,29). The molecule has 0 saturated carbocycles. The Labute approximate surface area is 198 Å². The molecule has 34 heavy (non-hydrogen) atoms. The Morgan fingerprint density at radius 1 is 0.882 bits per heavy atom. The molecule has 0 radical (unpaired) electrons. The Bertz CT molecular complexity index is 1340. The van der Waals surface area contributed by atoms with E-state index in [2.05, 4.69) is 20.8 Å². The second kappa shape index (κ2) is 9.67. The normalized spacial score (nSPS) is 11.8. The summed E-state index contributed by atoms with van der Waals surface area (Å²) in [6, 6.07) is 21.2. The van der Waals surface area contributed by atoms with Gasteiger partial charge in [-0.2, -0.15) is 0 Å². The lowest BCUT2D eigenvalue weighted by atomic mass is 10.1. The minimum atomic E-state index is -0.319. The van der Waals surface area contributed by atoms with Gasteiger partial charge in [0.25, 0.3) is 11.1 Å². The Kier molecular flexibility index (Phi) is 6.13. The van der Waals surface area contributed by atoms with Crippen molar-refractivity contribution in [2.24, 2.45) is 0 Å². The lowest BCUT2D eigenvalue weighted by Crippen LogP contribution is -2.19. The van der Waals surface area contributed by atoms with E-state index in [4.69, 9.17) is 13.9 Å². The van der Waals surface area contributed by atoms with Crippen LogP contribution in [-0.2, 0) is 4.79 Å². The first kappa shape index (κ1) is 21.5. The van der Waals surface area contributed by atoms with Gasteiger partial charge in [0, 0.05) is 11.3 Å². The summed E-state index contributed by atoms with van der Waals surface area (Å²) in [5, 5.41) is 13.9. The number of aromatic nitrogens is 2. The van der Waals surface area contributed by atoms with E-state index < -0.39 is 0 Å². The maximum absolute atomic E-state index is 12.7. The van der Waals surface area contributed by atoms with E-state index in [1.807, 2.05) is 18.2 Å². The number of hydrogen-bond acceptors (Lipinski definition) is 8. The zero-order chi connectivity index (χ0) is 23.3. The summed E-state index contributed by atoms with van der Waals surface area (Å²) in [4.78, 5) is 25.2. The highest BCUT2D eigenvalue weighted by Crippen LogP contribution is 2.36. The van der Waals surface area contributed by atoms with Gasteiger partial charge in [-0.3, -0.25) is 9.59 Å². The van der Waals surface area contributed by atoms with E-state index in [-0.39, 0.29) is 29.6 Å². The minimum Gasteiger partial charge on any atom is -0.454 e. The van der Waals surface area contributed by atoms with Crippen LogP contribution in [0.1, 0.15) is 10.4 Å². The van der Waals surface area contributed by atoms with Gasteiger partial charge in [0.15, 0.2) is 11.5 Å². The lowest BCUT2D eigenvalue weighted by molar-refractivity contribution is -0.113. The minimum absolute atomic E-state index is 0.0252. The van der Waals surface area contributed by atoms with Crippen molar-refractivity contribution < 1.29 is 23.5 Å². The van der Waals surface area contributed by atoms with Crippen LogP contribution < -0.4 is 20.1 Å². The summed E-state index contributed by atoms with van der Waals surface area (Å²) in [7, 11) is 0. The fraction of sp³-hybridized carbons (Fsp3) is 0.0833. The molecule has 10 heteroatoms. The average Bonchev–Trinajstić information content (AvgIpc) is 3.53. The summed E-state index contributed by atoms with van der Waals surface area (Å²) >= 11 is 1.10. The number of carbonyl (C=O) groups excluding carboxylic acids is 2. The van der Waals surface area contributed by atoms with Crippen molar-refractivity contribution in [2.75, 3.05) is 23.2 Å². The van der Waals surface area contributed by atoms with Crippen molar-refractivity contribution >= 4 is 35.0 Å². The first-order chi connectivity index (χ1) is 16.7. The summed E-state index contributed by atoms with van der Waals surface area (Å²) in [5.74, 6) is 0.973. The van der Waals surface area contributed by atoms with Crippen LogP contribution in [0.15, 0.2) is 82.4 Å². The first-order valence-corrected chi connectivity index (χ1v) is 11.3. The van der Waals surface area contributed by atoms with Crippen molar-refractivity contribution in [3.63, 3.8) is 0 Å². The second-order valence-corrected chi connectivity index (χ2v) is 8.07. The number of rotatable bonds is 7. The van der Waals surface area contributed by atoms with Crippen molar-refractivity contribution in [3.05, 3.63) is 78.4 Å². The average molecular weight is 474 g/mol. The Morgan fingerprint density at radius 2 is 1.68 bits per heavy atom. The van der Waals surface area contributed by atoms with Crippen LogP contribution in [0.5, 0.6) is 11.5 Å². The molecule has 0 unspecified atom stereocenters. The van der Waals surface area contributed by atoms with Crippen LogP contribution in [0, 0.1) is 0 Å². The van der Waals surface area contributed by atoms with Gasteiger partial charge in [-0.1, -0.05) is 42.1 Å². The highest BCUT2D eigenvalue weighted by molar-refractivity contribution is 7.99. The summed E-state index contributed by atoms with van der Waals surface area (Å²) < 4.78 is 16.3. The van der Waals surface area contributed by atoms with Gasteiger partial charge < -0.3 is 24.5 Å². The fourth-order valence-corrected chi connectivity index (χ4v) is 3.80. The summed E-state index contributed by atoms with van der Waals surface area (Å²) in [6.07, 6.45) is 0. The molecule has 2 amide bonds. The molecular weight excluding hydrogens is 456 g/mol. The van der Waals surface area contributed by atoms with Crippen molar-refractivity contribution in [2.45, 2.75) is 5.22 Å². The predicted molar refractivity (Wildman–Crippen MR) is 126 cm³/mol. The van der Waals surface area contributed by atoms with Gasteiger partial charge in [0.05, 0.1) is 17.0 Å². The van der Waals surface area contributed by atoms with Crippen molar-refractivity contribution in [1.82, 2.24) is 10.2 Å². The fourth-order valence-electron chi connectivity index (χ4n) is 3.24. The number of thioether (sulfide) groups is 1. The topological polar surface area (TPSA) is 116 Å². The largest absolute Gasteiger partial charge is 0.454 e. The number of nitrogens with one attached hydrogen (secondary N) is 2.